The molecule has 1 rings (SSSR count). The SMILES string of the molecule is CCN(CCC(N)=NO)C(=O)c1cc(C)no1. The monoisotopic (exact) mass is 240 g/mol. The number of amides is 1. The Hall–Kier alpha value is -2.05. The molecule has 7 heteroatoms. The van der Waals surface area contributed by atoms with E-state index in [2.05, 4.69) is 10.3 Å². The van der Waals surface area contributed by atoms with Gasteiger partial charge < -0.3 is 20.4 Å². The van der Waals surface area contributed by atoms with Gasteiger partial charge in [0.1, 0.15) is 5.84 Å². The molecule has 0 radical (unpaired) electrons. The molecule has 0 aliphatic rings. The van der Waals surface area contributed by atoms with Gasteiger partial charge in [0.25, 0.3) is 5.91 Å². The molecule has 3 N–H and O–H groups in total. The summed E-state index contributed by atoms with van der Waals surface area (Å²) < 4.78 is 4.89. The molecule has 7 nitrogen and oxygen atoms in total. The Morgan fingerprint density at radius 1 is 1.71 bits per heavy atom. The van der Waals surface area contributed by atoms with E-state index in [0.29, 0.717) is 25.2 Å². The summed E-state index contributed by atoms with van der Waals surface area (Å²) in [5, 5.41) is 14.9. The van der Waals surface area contributed by atoms with E-state index in [1.165, 1.54) is 4.90 Å². The Bertz CT molecular complexity index is 413. The molecule has 94 valence electrons. The Morgan fingerprint density at radius 3 is 2.88 bits per heavy atom. The fourth-order valence-electron chi connectivity index (χ4n) is 1.32. The number of nitrogens with two attached hydrogens (primary N) is 1. The maximum atomic E-state index is 11.9. The van der Waals surface area contributed by atoms with Crippen LogP contribution in [0.1, 0.15) is 29.6 Å². The summed E-state index contributed by atoms with van der Waals surface area (Å²) in [6, 6.07) is 1.58. The number of amidine groups is 1. The fourth-order valence-corrected chi connectivity index (χ4v) is 1.32. The summed E-state index contributed by atoms with van der Waals surface area (Å²) in [5.74, 6) is 0.0349. The molecule has 0 aromatic carbocycles. The van der Waals surface area contributed by atoms with Crippen LogP contribution in [0, 0.1) is 6.92 Å². The van der Waals surface area contributed by atoms with Gasteiger partial charge in [-0.05, 0) is 13.8 Å². The van der Waals surface area contributed by atoms with Gasteiger partial charge in [-0.15, -0.1) is 0 Å². The molecule has 0 aliphatic heterocycles. The van der Waals surface area contributed by atoms with Crippen molar-refractivity contribution in [2.24, 2.45) is 10.9 Å². The standard InChI is InChI=1S/C10H16N4O3/c1-3-14(5-4-9(11)12-16)10(15)8-6-7(2)13-17-8/h6,16H,3-5H2,1-2H3,(H2,11,12). The molecule has 1 heterocycles. The van der Waals surface area contributed by atoms with Crippen LogP contribution in [0.25, 0.3) is 0 Å². The first-order valence-electron chi connectivity index (χ1n) is 5.27. The Morgan fingerprint density at radius 2 is 2.41 bits per heavy atom. The van der Waals surface area contributed by atoms with Crippen molar-refractivity contribution in [3.63, 3.8) is 0 Å². The predicted molar refractivity (Wildman–Crippen MR) is 60.8 cm³/mol. The number of aryl methyl sites for hydroxylation is 1. The van der Waals surface area contributed by atoms with Gasteiger partial charge in [-0.25, -0.2) is 0 Å². The Kier molecular flexibility index (Phi) is 4.50. The number of carbonyl (C=O) groups excluding carboxylic acids is 1. The highest BCUT2D eigenvalue weighted by Gasteiger charge is 2.18. The average Bonchev–Trinajstić information content (AvgIpc) is 2.76. The summed E-state index contributed by atoms with van der Waals surface area (Å²) in [5.41, 5.74) is 6.00. The van der Waals surface area contributed by atoms with Crippen molar-refractivity contribution >= 4 is 11.7 Å². The average molecular weight is 240 g/mol. The van der Waals surface area contributed by atoms with Gasteiger partial charge in [-0.3, -0.25) is 4.79 Å². The lowest BCUT2D eigenvalue weighted by molar-refractivity contribution is 0.0726. The van der Waals surface area contributed by atoms with Crippen molar-refractivity contribution in [1.29, 1.82) is 0 Å². The molecule has 0 spiro atoms. The van der Waals surface area contributed by atoms with E-state index in [1.54, 1.807) is 13.0 Å². The van der Waals surface area contributed by atoms with Gasteiger partial charge in [0, 0.05) is 25.6 Å². The number of rotatable bonds is 5. The van der Waals surface area contributed by atoms with Crippen LogP contribution in [0.3, 0.4) is 0 Å². The summed E-state index contributed by atoms with van der Waals surface area (Å²) in [6.45, 7) is 4.46. The third-order valence-electron chi connectivity index (χ3n) is 2.27. The van der Waals surface area contributed by atoms with Crippen LogP contribution in [0.4, 0.5) is 0 Å². The van der Waals surface area contributed by atoms with E-state index in [1.807, 2.05) is 6.92 Å². The normalized spacial score (nSPS) is 11.5. The highest BCUT2D eigenvalue weighted by Crippen LogP contribution is 2.07. The topological polar surface area (TPSA) is 105 Å². The second-order valence-corrected chi connectivity index (χ2v) is 3.56. The fraction of sp³-hybridized carbons (Fsp3) is 0.500. The lowest BCUT2D eigenvalue weighted by Gasteiger charge is -2.18. The molecule has 0 bridgehead atoms. The molecule has 0 aliphatic carbocycles. The highest BCUT2D eigenvalue weighted by atomic mass is 16.5. The molecule has 0 atom stereocenters. The lowest BCUT2D eigenvalue weighted by atomic mass is 10.3. The molecule has 1 amide bonds. The van der Waals surface area contributed by atoms with Crippen molar-refractivity contribution < 1.29 is 14.5 Å². The smallest absolute Gasteiger partial charge is 0.292 e. The first kappa shape index (κ1) is 13.0. The second-order valence-electron chi connectivity index (χ2n) is 3.56. The number of hydrogen-bond acceptors (Lipinski definition) is 5. The molecule has 17 heavy (non-hydrogen) atoms. The molecule has 0 saturated carbocycles. The first-order valence-corrected chi connectivity index (χ1v) is 5.27. The largest absolute Gasteiger partial charge is 0.409 e. The van der Waals surface area contributed by atoms with Gasteiger partial charge in [0.2, 0.25) is 5.76 Å². The van der Waals surface area contributed by atoms with Crippen LogP contribution < -0.4 is 5.73 Å². The number of hydrogen-bond donors (Lipinski definition) is 2. The summed E-state index contributed by atoms with van der Waals surface area (Å²) in [6.07, 6.45) is 0.309. The Labute approximate surface area is 98.9 Å². The van der Waals surface area contributed by atoms with Crippen LogP contribution in [0.5, 0.6) is 0 Å². The van der Waals surface area contributed by atoms with Crippen molar-refractivity contribution in [3.8, 4) is 0 Å². The third-order valence-corrected chi connectivity index (χ3v) is 2.27. The predicted octanol–water partition coefficient (Wildman–Crippen LogP) is 0.582. The summed E-state index contributed by atoms with van der Waals surface area (Å²) in [4.78, 5) is 13.5. The molecule has 1 aromatic heterocycles. The molecule has 0 fully saturated rings. The first-order chi connectivity index (χ1) is 8.08. The molecule has 0 saturated heterocycles. The van der Waals surface area contributed by atoms with E-state index >= 15 is 0 Å². The third kappa shape index (κ3) is 3.47. The number of carbonyl (C=O) groups is 1. The van der Waals surface area contributed by atoms with E-state index in [0.717, 1.165) is 0 Å². The molecular formula is C10H16N4O3. The minimum atomic E-state index is -0.251. The van der Waals surface area contributed by atoms with Gasteiger partial charge in [0.15, 0.2) is 0 Å². The number of nitrogens with zero attached hydrogens (tertiary/aromatic N) is 3. The van der Waals surface area contributed by atoms with Crippen LogP contribution in [0.2, 0.25) is 0 Å². The van der Waals surface area contributed by atoms with Crippen LogP contribution >= 0.6 is 0 Å². The van der Waals surface area contributed by atoms with Crippen LogP contribution in [-0.4, -0.2) is 40.1 Å². The van der Waals surface area contributed by atoms with Crippen molar-refractivity contribution in [2.75, 3.05) is 13.1 Å². The Balaban J connectivity index is 2.64. The van der Waals surface area contributed by atoms with E-state index in [-0.39, 0.29) is 17.5 Å². The maximum absolute atomic E-state index is 11.9. The van der Waals surface area contributed by atoms with Gasteiger partial charge in [-0.2, -0.15) is 0 Å². The molecular weight excluding hydrogens is 224 g/mol. The van der Waals surface area contributed by atoms with Crippen molar-refractivity contribution in [2.45, 2.75) is 20.3 Å². The van der Waals surface area contributed by atoms with Crippen LogP contribution in [-0.2, 0) is 0 Å². The zero-order valence-electron chi connectivity index (χ0n) is 9.88. The van der Waals surface area contributed by atoms with Gasteiger partial charge in [-0.1, -0.05) is 10.3 Å². The van der Waals surface area contributed by atoms with Crippen LogP contribution in [0.15, 0.2) is 15.7 Å². The quantitative estimate of drug-likeness (QED) is 0.339. The van der Waals surface area contributed by atoms with E-state index in [9.17, 15) is 4.79 Å². The minimum absolute atomic E-state index is 0.0880. The zero-order valence-corrected chi connectivity index (χ0v) is 9.88. The van der Waals surface area contributed by atoms with E-state index < -0.39 is 0 Å². The minimum Gasteiger partial charge on any atom is -0.409 e. The van der Waals surface area contributed by atoms with E-state index in [4.69, 9.17) is 15.5 Å². The second kappa shape index (κ2) is 5.88. The molecule has 0 unspecified atom stereocenters. The van der Waals surface area contributed by atoms with Crippen molar-refractivity contribution in [1.82, 2.24) is 10.1 Å². The van der Waals surface area contributed by atoms with Gasteiger partial charge >= 0.3 is 0 Å². The van der Waals surface area contributed by atoms with Gasteiger partial charge in [0.05, 0.1) is 5.69 Å². The zero-order chi connectivity index (χ0) is 12.8. The van der Waals surface area contributed by atoms with Crippen molar-refractivity contribution in [3.05, 3.63) is 17.5 Å². The number of oxime groups is 1. The summed E-state index contributed by atoms with van der Waals surface area (Å²) in [7, 11) is 0. The number of aromatic nitrogens is 1. The maximum Gasteiger partial charge on any atom is 0.292 e. The molecule has 1 aromatic rings. The highest BCUT2D eigenvalue weighted by molar-refractivity contribution is 5.91. The lowest BCUT2D eigenvalue weighted by Crippen LogP contribution is -2.33. The summed E-state index contributed by atoms with van der Waals surface area (Å²) >= 11 is 0.